The summed E-state index contributed by atoms with van der Waals surface area (Å²) >= 11 is 0. The summed E-state index contributed by atoms with van der Waals surface area (Å²) in [6.07, 6.45) is 8.02. The van der Waals surface area contributed by atoms with Gasteiger partial charge in [0.1, 0.15) is 11.6 Å². The Morgan fingerprint density at radius 3 is 2.94 bits per heavy atom. The van der Waals surface area contributed by atoms with Crippen LogP contribution in [0.2, 0.25) is 0 Å². The van der Waals surface area contributed by atoms with Crippen LogP contribution in [0.4, 0.5) is 23.0 Å². The third-order valence-electron chi connectivity index (χ3n) is 5.88. The Bertz CT molecular complexity index is 1110. The average Bonchev–Trinajstić information content (AvgIpc) is 3.23. The summed E-state index contributed by atoms with van der Waals surface area (Å²) in [7, 11) is 0. The van der Waals surface area contributed by atoms with Crippen molar-refractivity contribution in [3.8, 4) is 0 Å². The molecule has 8 nitrogen and oxygen atoms in total. The Kier molecular flexibility index (Phi) is 6.70. The number of anilines is 4. The van der Waals surface area contributed by atoms with Crippen molar-refractivity contribution in [3.63, 3.8) is 0 Å². The van der Waals surface area contributed by atoms with Gasteiger partial charge in [-0.05, 0) is 56.4 Å². The van der Waals surface area contributed by atoms with Crippen LogP contribution in [-0.2, 0) is 11.2 Å². The van der Waals surface area contributed by atoms with Crippen molar-refractivity contribution < 1.29 is 9.90 Å². The fourth-order valence-corrected chi connectivity index (χ4v) is 4.25. The van der Waals surface area contributed by atoms with Gasteiger partial charge in [0.2, 0.25) is 5.91 Å². The number of fused-ring (bicyclic) bond motifs is 1. The molecule has 1 atom stereocenters. The number of rotatable bonds is 8. The van der Waals surface area contributed by atoms with E-state index in [1.165, 1.54) is 12.5 Å². The van der Waals surface area contributed by atoms with Crippen molar-refractivity contribution in [1.29, 1.82) is 0 Å². The largest absolute Gasteiger partial charge is 0.396 e. The summed E-state index contributed by atoms with van der Waals surface area (Å²) in [6.45, 7) is 6.69. The van der Waals surface area contributed by atoms with Crippen LogP contribution in [-0.4, -0.2) is 44.8 Å². The Hall–Kier alpha value is -3.39. The maximum Gasteiger partial charge on any atom is 0.247 e. The van der Waals surface area contributed by atoms with E-state index in [1.54, 1.807) is 0 Å². The molecule has 0 saturated carbocycles. The highest BCUT2D eigenvalue weighted by molar-refractivity contribution is 5.99. The molecule has 0 radical (unpaired) electrons. The molecule has 3 N–H and O–H groups in total. The first-order valence-electron chi connectivity index (χ1n) is 11.2. The Morgan fingerprint density at radius 1 is 1.31 bits per heavy atom. The number of aromatic nitrogens is 3. The zero-order valence-electron chi connectivity index (χ0n) is 18.4. The monoisotopic (exact) mass is 434 g/mol. The molecule has 1 aliphatic heterocycles. The minimum atomic E-state index is -0.254. The van der Waals surface area contributed by atoms with Crippen LogP contribution < -0.4 is 15.5 Å². The summed E-state index contributed by atoms with van der Waals surface area (Å²) < 4.78 is 1.82. The molecule has 4 rings (SSSR count). The van der Waals surface area contributed by atoms with E-state index in [1.807, 2.05) is 41.0 Å². The van der Waals surface area contributed by atoms with Crippen LogP contribution in [0.1, 0.15) is 38.2 Å². The zero-order chi connectivity index (χ0) is 22.5. The number of piperidine rings is 1. The molecule has 32 heavy (non-hydrogen) atoms. The van der Waals surface area contributed by atoms with Crippen LogP contribution in [0, 0.1) is 0 Å². The molecule has 0 bridgehead atoms. The zero-order valence-corrected chi connectivity index (χ0v) is 18.4. The Morgan fingerprint density at radius 2 is 2.16 bits per heavy atom. The van der Waals surface area contributed by atoms with Crippen molar-refractivity contribution in [2.24, 2.45) is 0 Å². The summed E-state index contributed by atoms with van der Waals surface area (Å²) in [5, 5.41) is 20.3. The number of aliphatic hydroxyl groups excluding tert-OH is 1. The van der Waals surface area contributed by atoms with Gasteiger partial charge in [0.15, 0.2) is 5.65 Å². The number of benzene rings is 1. The molecule has 1 aromatic carbocycles. The molecule has 1 amide bonds. The standard InChI is InChI=1S/C24H30N6O2/c1-3-17-16-25-30-22(26-18-8-7-9-19(14-18)27-23(32)4-2)15-21(28-24(17)30)29-12-6-5-10-20(29)11-13-31/h4,7-9,14-16,20,26,31H,2-3,5-6,10-13H2,1H3,(H,27,32)/t20-/m0/s1. The van der Waals surface area contributed by atoms with Gasteiger partial charge in [0.05, 0.1) is 6.20 Å². The molecule has 0 aliphatic carbocycles. The van der Waals surface area contributed by atoms with Crippen molar-refractivity contribution in [2.75, 3.05) is 28.7 Å². The van der Waals surface area contributed by atoms with Crippen molar-refractivity contribution in [3.05, 3.63) is 54.7 Å². The third kappa shape index (κ3) is 4.60. The van der Waals surface area contributed by atoms with Crippen LogP contribution in [0.15, 0.2) is 49.2 Å². The number of amides is 1. The minimum absolute atomic E-state index is 0.171. The quantitative estimate of drug-likeness (QED) is 0.466. The molecule has 3 aromatic rings. The Balaban J connectivity index is 1.72. The maximum atomic E-state index is 11.7. The van der Waals surface area contributed by atoms with Crippen LogP contribution in [0.3, 0.4) is 0 Å². The first-order chi connectivity index (χ1) is 15.6. The lowest BCUT2D eigenvalue weighted by Gasteiger charge is -2.36. The topological polar surface area (TPSA) is 94.8 Å². The first kappa shape index (κ1) is 21.8. The van der Waals surface area contributed by atoms with Crippen molar-refractivity contribution in [1.82, 2.24) is 14.6 Å². The summed E-state index contributed by atoms with van der Waals surface area (Å²) in [5.74, 6) is 1.44. The molecule has 1 aliphatic rings. The molecular weight excluding hydrogens is 404 g/mol. The number of nitrogens with zero attached hydrogens (tertiary/aromatic N) is 4. The van der Waals surface area contributed by atoms with E-state index in [0.29, 0.717) is 5.69 Å². The predicted octanol–water partition coefficient (Wildman–Crippen LogP) is 3.90. The normalized spacial score (nSPS) is 16.2. The molecule has 8 heteroatoms. The second kappa shape index (κ2) is 9.82. The highest BCUT2D eigenvalue weighted by Gasteiger charge is 2.25. The number of carbonyl (C=O) groups is 1. The van der Waals surface area contributed by atoms with Gasteiger partial charge in [0, 0.05) is 42.2 Å². The van der Waals surface area contributed by atoms with E-state index >= 15 is 0 Å². The summed E-state index contributed by atoms with van der Waals surface area (Å²) in [5.41, 5.74) is 3.41. The van der Waals surface area contributed by atoms with Gasteiger partial charge < -0.3 is 20.6 Å². The van der Waals surface area contributed by atoms with E-state index in [4.69, 9.17) is 4.98 Å². The fourth-order valence-electron chi connectivity index (χ4n) is 4.25. The summed E-state index contributed by atoms with van der Waals surface area (Å²) in [6, 6.07) is 9.81. The lowest BCUT2D eigenvalue weighted by molar-refractivity contribution is -0.111. The van der Waals surface area contributed by atoms with Crippen LogP contribution in [0.5, 0.6) is 0 Å². The highest BCUT2D eigenvalue weighted by Crippen LogP contribution is 2.30. The second-order valence-electron chi connectivity index (χ2n) is 8.01. The molecule has 0 unspecified atom stereocenters. The summed E-state index contributed by atoms with van der Waals surface area (Å²) in [4.78, 5) is 19.0. The third-order valence-corrected chi connectivity index (χ3v) is 5.88. The molecule has 0 spiro atoms. The minimum Gasteiger partial charge on any atom is -0.396 e. The number of aryl methyl sites for hydroxylation is 1. The molecule has 1 fully saturated rings. The van der Waals surface area contributed by atoms with Gasteiger partial charge in [-0.1, -0.05) is 19.6 Å². The van der Waals surface area contributed by atoms with E-state index in [9.17, 15) is 9.90 Å². The average molecular weight is 435 g/mol. The molecule has 168 valence electrons. The van der Waals surface area contributed by atoms with E-state index in [2.05, 4.69) is 34.1 Å². The second-order valence-corrected chi connectivity index (χ2v) is 8.01. The van der Waals surface area contributed by atoms with Gasteiger partial charge in [-0.15, -0.1) is 0 Å². The predicted molar refractivity (Wildman–Crippen MR) is 128 cm³/mol. The fraction of sp³-hybridized carbons (Fsp3) is 0.375. The smallest absolute Gasteiger partial charge is 0.247 e. The lowest BCUT2D eigenvalue weighted by atomic mass is 9.99. The van der Waals surface area contributed by atoms with E-state index in [0.717, 1.165) is 60.8 Å². The number of nitrogens with one attached hydrogen (secondary N) is 2. The van der Waals surface area contributed by atoms with Gasteiger partial charge in [0.25, 0.3) is 0 Å². The van der Waals surface area contributed by atoms with Crippen LogP contribution in [0.25, 0.3) is 5.65 Å². The van der Waals surface area contributed by atoms with Gasteiger partial charge in [-0.3, -0.25) is 4.79 Å². The van der Waals surface area contributed by atoms with E-state index < -0.39 is 0 Å². The van der Waals surface area contributed by atoms with E-state index in [-0.39, 0.29) is 18.6 Å². The maximum absolute atomic E-state index is 11.7. The molecular formula is C24H30N6O2. The lowest BCUT2D eigenvalue weighted by Crippen LogP contribution is -2.40. The van der Waals surface area contributed by atoms with Gasteiger partial charge >= 0.3 is 0 Å². The number of hydrogen-bond acceptors (Lipinski definition) is 6. The number of carbonyl (C=O) groups excluding carboxylic acids is 1. The number of aliphatic hydroxyl groups is 1. The number of hydrogen-bond donors (Lipinski definition) is 3. The molecule has 3 heterocycles. The SMILES string of the molecule is C=CC(=O)Nc1cccc(Nc2cc(N3CCCC[C@H]3CCO)nc3c(CC)cnn23)c1. The van der Waals surface area contributed by atoms with Crippen molar-refractivity contribution in [2.45, 2.75) is 45.1 Å². The van der Waals surface area contributed by atoms with Crippen molar-refractivity contribution >= 4 is 34.6 Å². The molecule has 2 aromatic heterocycles. The first-order valence-corrected chi connectivity index (χ1v) is 11.2. The van der Waals surface area contributed by atoms with Crippen LogP contribution >= 0.6 is 0 Å². The van der Waals surface area contributed by atoms with Gasteiger partial charge in [-0.2, -0.15) is 9.61 Å². The molecule has 1 saturated heterocycles. The van der Waals surface area contributed by atoms with Gasteiger partial charge in [-0.25, -0.2) is 4.98 Å². The Labute approximate surface area is 188 Å². The highest BCUT2D eigenvalue weighted by atomic mass is 16.3.